The maximum atomic E-state index is 12.1. The van der Waals surface area contributed by atoms with E-state index >= 15 is 0 Å². The molecule has 5 nitrogen and oxygen atoms in total. The number of benzene rings is 1. The zero-order valence-electron chi connectivity index (χ0n) is 11.8. The second kappa shape index (κ2) is 6.41. The van der Waals surface area contributed by atoms with Crippen molar-refractivity contribution in [3.05, 3.63) is 51.7 Å². The van der Waals surface area contributed by atoms with Crippen molar-refractivity contribution in [3.8, 4) is 0 Å². The molecule has 0 aliphatic heterocycles. The summed E-state index contributed by atoms with van der Waals surface area (Å²) in [6, 6.07) is 10.4. The van der Waals surface area contributed by atoms with Crippen molar-refractivity contribution in [2.45, 2.75) is 13.0 Å². The first kappa shape index (κ1) is 15.1. The van der Waals surface area contributed by atoms with Gasteiger partial charge in [-0.2, -0.15) is 0 Å². The molecule has 0 fully saturated rings. The Hall–Kier alpha value is -2.34. The van der Waals surface area contributed by atoms with Crippen molar-refractivity contribution in [2.24, 2.45) is 0 Å². The lowest BCUT2D eigenvalue weighted by Crippen LogP contribution is -2.25. The van der Waals surface area contributed by atoms with E-state index in [-0.39, 0.29) is 11.9 Å². The van der Waals surface area contributed by atoms with Crippen LogP contribution in [0.15, 0.2) is 36.4 Å². The van der Waals surface area contributed by atoms with Crippen LogP contribution in [0.1, 0.15) is 37.9 Å². The number of thiophene rings is 1. The van der Waals surface area contributed by atoms with Gasteiger partial charge in [-0.15, -0.1) is 11.3 Å². The zero-order valence-corrected chi connectivity index (χ0v) is 12.6. The maximum absolute atomic E-state index is 12.1. The molecular weight excluding hydrogens is 288 g/mol. The number of amides is 1. The first-order chi connectivity index (χ1) is 10.0. The van der Waals surface area contributed by atoms with Gasteiger partial charge in [-0.05, 0) is 36.8 Å². The molecule has 2 aromatic rings. The first-order valence-corrected chi connectivity index (χ1v) is 7.17. The quantitative estimate of drug-likeness (QED) is 0.672. The lowest BCUT2D eigenvalue weighted by Gasteiger charge is -2.13. The molecule has 1 amide bonds. The number of hydrogen-bond donors (Lipinski definition) is 2. The summed E-state index contributed by atoms with van der Waals surface area (Å²) in [4.78, 5) is 24.4. The summed E-state index contributed by atoms with van der Waals surface area (Å²) < 4.78 is 4.62. The molecule has 0 saturated heterocycles. The average molecular weight is 304 g/mol. The van der Waals surface area contributed by atoms with Gasteiger partial charge in [-0.25, -0.2) is 4.79 Å². The molecule has 6 heteroatoms. The van der Waals surface area contributed by atoms with Crippen molar-refractivity contribution >= 4 is 28.9 Å². The van der Waals surface area contributed by atoms with E-state index in [1.165, 1.54) is 7.11 Å². The number of nitrogens with two attached hydrogens (primary N) is 1. The van der Waals surface area contributed by atoms with E-state index in [9.17, 15) is 9.59 Å². The van der Waals surface area contributed by atoms with Gasteiger partial charge >= 0.3 is 5.97 Å². The summed E-state index contributed by atoms with van der Waals surface area (Å²) in [5.41, 5.74) is 7.27. The molecule has 1 aromatic heterocycles. The predicted octanol–water partition coefficient (Wildman–Crippen LogP) is 2.61. The standard InChI is InChI=1S/C15H16N2O3S/c1-9(10-3-5-11(16)6-4-10)17-14(18)12-7-8-13(21-12)15(19)20-2/h3-9H,16H2,1-2H3,(H,17,18). The number of nitrogens with one attached hydrogen (secondary N) is 1. The monoisotopic (exact) mass is 304 g/mol. The molecule has 21 heavy (non-hydrogen) atoms. The Labute approximate surface area is 126 Å². The smallest absolute Gasteiger partial charge is 0.348 e. The molecule has 0 bridgehead atoms. The van der Waals surface area contributed by atoms with Gasteiger partial charge in [0.15, 0.2) is 0 Å². The maximum Gasteiger partial charge on any atom is 0.348 e. The number of hydrogen-bond acceptors (Lipinski definition) is 5. The van der Waals surface area contributed by atoms with Gasteiger partial charge in [-0.3, -0.25) is 4.79 Å². The van der Waals surface area contributed by atoms with Crippen LogP contribution in [0.25, 0.3) is 0 Å². The van der Waals surface area contributed by atoms with Crippen LogP contribution in [0.2, 0.25) is 0 Å². The van der Waals surface area contributed by atoms with Crippen LogP contribution in [0.5, 0.6) is 0 Å². The molecule has 0 saturated carbocycles. The van der Waals surface area contributed by atoms with Crippen LogP contribution in [0.4, 0.5) is 5.69 Å². The number of rotatable bonds is 4. The molecule has 0 spiro atoms. The molecule has 1 aromatic carbocycles. The number of carbonyl (C=O) groups is 2. The highest BCUT2D eigenvalue weighted by molar-refractivity contribution is 7.15. The van der Waals surface area contributed by atoms with Crippen LogP contribution in [-0.4, -0.2) is 19.0 Å². The van der Waals surface area contributed by atoms with Crippen molar-refractivity contribution in [1.29, 1.82) is 0 Å². The fourth-order valence-electron chi connectivity index (χ4n) is 1.81. The molecule has 0 radical (unpaired) electrons. The number of carbonyl (C=O) groups excluding carboxylic acids is 2. The Kier molecular flexibility index (Phi) is 4.59. The minimum atomic E-state index is -0.439. The number of methoxy groups -OCH3 is 1. The van der Waals surface area contributed by atoms with E-state index < -0.39 is 5.97 Å². The molecule has 110 valence electrons. The van der Waals surface area contributed by atoms with E-state index in [1.807, 2.05) is 19.1 Å². The van der Waals surface area contributed by atoms with Crippen molar-refractivity contribution in [1.82, 2.24) is 5.32 Å². The third kappa shape index (κ3) is 3.61. The SMILES string of the molecule is COC(=O)c1ccc(C(=O)NC(C)c2ccc(N)cc2)s1. The second-order valence-corrected chi connectivity index (χ2v) is 5.60. The van der Waals surface area contributed by atoms with Crippen molar-refractivity contribution in [3.63, 3.8) is 0 Å². The van der Waals surface area contributed by atoms with E-state index in [0.29, 0.717) is 15.4 Å². The number of nitrogen functional groups attached to an aromatic ring is 1. The van der Waals surface area contributed by atoms with E-state index in [2.05, 4.69) is 10.1 Å². The van der Waals surface area contributed by atoms with Crippen LogP contribution in [0.3, 0.4) is 0 Å². The first-order valence-electron chi connectivity index (χ1n) is 6.35. The topological polar surface area (TPSA) is 81.4 Å². The number of ether oxygens (including phenoxy) is 1. The van der Waals surface area contributed by atoms with E-state index in [0.717, 1.165) is 16.9 Å². The minimum Gasteiger partial charge on any atom is -0.465 e. The Balaban J connectivity index is 2.05. The van der Waals surface area contributed by atoms with Gasteiger partial charge in [0.2, 0.25) is 0 Å². The Morgan fingerprint density at radius 1 is 1.14 bits per heavy atom. The fourth-order valence-corrected chi connectivity index (χ4v) is 2.63. The van der Waals surface area contributed by atoms with Crippen LogP contribution >= 0.6 is 11.3 Å². The lowest BCUT2D eigenvalue weighted by atomic mass is 10.1. The summed E-state index contributed by atoms with van der Waals surface area (Å²) in [6.07, 6.45) is 0. The highest BCUT2D eigenvalue weighted by atomic mass is 32.1. The molecule has 1 atom stereocenters. The molecular formula is C15H16N2O3S. The van der Waals surface area contributed by atoms with Gasteiger partial charge in [0.25, 0.3) is 5.91 Å². The Morgan fingerprint density at radius 2 is 1.76 bits per heavy atom. The number of anilines is 1. The third-order valence-corrected chi connectivity index (χ3v) is 4.06. The van der Waals surface area contributed by atoms with Crippen LogP contribution in [-0.2, 0) is 4.74 Å². The van der Waals surface area contributed by atoms with E-state index in [4.69, 9.17) is 5.73 Å². The normalized spacial score (nSPS) is 11.7. The molecule has 1 heterocycles. The highest BCUT2D eigenvalue weighted by Crippen LogP contribution is 2.19. The number of esters is 1. The summed E-state index contributed by atoms with van der Waals surface area (Å²) in [6.45, 7) is 1.89. The molecule has 0 aliphatic rings. The highest BCUT2D eigenvalue weighted by Gasteiger charge is 2.16. The van der Waals surface area contributed by atoms with Gasteiger partial charge in [0.05, 0.1) is 18.0 Å². The molecule has 2 rings (SSSR count). The predicted molar refractivity (Wildman–Crippen MR) is 82.4 cm³/mol. The zero-order chi connectivity index (χ0) is 15.4. The van der Waals surface area contributed by atoms with Crippen molar-refractivity contribution < 1.29 is 14.3 Å². The van der Waals surface area contributed by atoms with Gasteiger partial charge in [0.1, 0.15) is 4.88 Å². The van der Waals surface area contributed by atoms with Gasteiger partial charge < -0.3 is 15.8 Å². The minimum absolute atomic E-state index is 0.151. The second-order valence-electron chi connectivity index (χ2n) is 4.52. The summed E-state index contributed by atoms with van der Waals surface area (Å²) in [7, 11) is 1.31. The lowest BCUT2D eigenvalue weighted by molar-refractivity contribution is 0.0606. The summed E-state index contributed by atoms with van der Waals surface area (Å²) >= 11 is 1.11. The van der Waals surface area contributed by atoms with E-state index in [1.54, 1.807) is 24.3 Å². The third-order valence-electron chi connectivity index (χ3n) is 3.00. The van der Waals surface area contributed by atoms with Gasteiger partial charge in [-0.1, -0.05) is 12.1 Å². The Bertz CT molecular complexity index is 649. The Morgan fingerprint density at radius 3 is 2.38 bits per heavy atom. The van der Waals surface area contributed by atoms with Crippen LogP contribution in [0, 0.1) is 0 Å². The molecule has 1 unspecified atom stereocenters. The summed E-state index contributed by atoms with van der Waals surface area (Å²) in [5.74, 6) is -0.662. The fraction of sp³-hybridized carbons (Fsp3) is 0.200. The van der Waals surface area contributed by atoms with Crippen molar-refractivity contribution in [2.75, 3.05) is 12.8 Å². The van der Waals surface area contributed by atoms with Crippen LogP contribution < -0.4 is 11.1 Å². The summed E-state index contributed by atoms with van der Waals surface area (Å²) in [5, 5.41) is 2.88. The molecule has 3 N–H and O–H groups in total. The largest absolute Gasteiger partial charge is 0.465 e. The average Bonchev–Trinajstić information content (AvgIpc) is 2.97. The van der Waals surface area contributed by atoms with Gasteiger partial charge in [0, 0.05) is 5.69 Å². The molecule has 0 aliphatic carbocycles.